The maximum atomic E-state index is 12.7. The Labute approximate surface area is 173 Å². The minimum Gasteiger partial charge on any atom is -0.335 e. The molecule has 30 heavy (non-hydrogen) atoms. The van der Waals surface area contributed by atoms with E-state index in [2.05, 4.69) is 45.1 Å². The second-order valence-corrected chi connectivity index (χ2v) is 7.78. The van der Waals surface area contributed by atoms with Gasteiger partial charge in [0.1, 0.15) is 5.69 Å². The van der Waals surface area contributed by atoms with Gasteiger partial charge < -0.3 is 4.98 Å². The summed E-state index contributed by atoms with van der Waals surface area (Å²) in [6, 6.07) is 17.7. The number of carbonyl (C=O) groups is 1. The van der Waals surface area contributed by atoms with Crippen molar-refractivity contribution in [1.82, 2.24) is 25.1 Å². The fourth-order valence-corrected chi connectivity index (χ4v) is 3.65. The van der Waals surface area contributed by atoms with E-state index < -0.39 is 0 Å². The van der Waals surface area contributed by atoms with Crippen molar-refractivity contribution in [2.75, 3.05) is 0 Å². The van der Waals surface area contributed by atoms with Gasteiger partial charge in [0.2, 0.25) is 5.78 Å². The number of nitrogens with zero attached hydrogens (tertiary/aromatic N) is 3. The summed E-state index contributed by atoms with van der Waals surface area (Å²) in [6.45, 7) is 4.24. The van der Waals surface area contributed by atoms with E-state index in [0.717, 1.165) is 44.5 Å². The van der Waals surface area contributed by atoms with E-state index in [-0.39, 0.29) is 5.78 Å². The van der Waals surface area contributed by atoms with Gasteiger partial charge in [-0.2, -0.15) is 5.10 Å². The molecule has 3 heterocycles. The number of aromatic nitrogens is 5. The van der Waals surface area contributed by atoms with E-state index in [4.69, 9.17) is 0 Å². The summed E-state index contributed by atoms with van der Waals surface area (Å²) in [7, 11) is 0. The van der Waals surface area contributed by atoms with Gasteiger partial charge in [-0.3, -0.25) is 14.9 Å². The van der Waals surface area contributed by atoms with Crippen molar-refractivity contribution in [3.63, 3.8) is 0 Å². The molecule has 0 aliphatic carbocycles. The lowest BCUT2D eigenvalue weighted by molar-refractivity contribution is 0.0984. The third-order valence-electron chi connectivity index (χ3n) is 5.28. The number of Topliss-reactive ketones (excluding diaryl/α,β-unsaturated/α-hetero) is 1. The van der Waals surface area contributed by atoms with E-state index in [1.165, 1.54) is 0 Å². The van der Waals surface area contributed by atoms with Crippen molar-refractivity contribution >= 4 is 27.7 Å². The molecule has 0 aliphatic rings. The van der Waals surface area contributed by atoms with Crippen LogP contribution in [0.1, 0.15) is 41.6 Å². The SMILES string of the molecule is CC(C)c1cc(-c2n[nH]c3cc4[nH]c(C(=O)Cc5ccccc5)nc4cc23)ccn1. The zero-order valence-electron chi connectivity index (χ0n) is 16.8. The van der Waals surface area contributed by atoms with Crippen LogP contribution in [0.5, 0.6) is 0 Å². The average Bonchev–Trinajstić information content (AvgIpc) is 3.36. The number of hydrogen-bond donors (Lipinski definition) is 2. The van der Waals surface area contributed by atoms with Crippen LogP contribution in [-0.4, -0.2) is 30.9 Å². The van der Waals surface area contributed by atoms with Crippen LogP contribution in [0.4, 0.5) is 0 Å². The minimum absolute atomic E-state index is 0.0323. The lowest BCUT2D eigenvalue weighted by atomic mass is 10.0. The van der Waals surface area contributed by atoms with E-state index in [1.54, 1.807) is 0 Å². The van der Waals surface area contributed by atoms with Crippen LogP contribution in [-0.2, 0) is 6.42 Å². The minimum atomic E-state index is -0.0323. The normalized spacial score (nSPS) is 11.6. The van der Waals surface area contributed by atoms with Gasteiger partial charge in [-0.05, 0) is 35.7 Å². The molecular weight excluding hydrogens is 374 g/mol. The molecule has 2 N–H and O–H groups in total. The zero-order chi connectivity index (χ0) is 20.7. The van der Waals surface area contributed by atoms with Crippen molar-refractivity contribution in [2.45, 2.75) is 26.2 Å². The number of hydrogen-bond acceptors (Lipinski definition) is 4. The Kier molecular flexibility index (Phi) is 4.39. The van der Waals surface area contributed by atoms with Crippen LogP contribution in [0.2, 0.25) is 0 Å². The number of rotatable bonds is 5. The summed E-state index contributed by atoms with van der Waals surface area (Å²) in [5, 5.41) is 8.59. The van der Waals surface area contributed by atoms with Crippen LogP contribution in [0.25, 0.3) is 33.2 Å². The van der Waals surface area contributed by atoms with Crippen LogP contribution in [0.15, 0.2) is 60.8 Å². The topological polar surface area (TPSA) is 87.3 Å². The van der Waals surface area contributed by atoms with Crippen molar-refractivity contribution in [1.29, 1.82) is 0 Å². The lowest BCUT2D eigenvalue weighted by Gasteiger charge is -2.05. The first kappa shape index (κ1) is 18.2. The summed E-state index contributed by atoms with van der Waals surface area (Å²) < 4.78 is 0. The summed E-state index contributed by atoms with van der Waals surface area (Å²) in [4.78, 5) is 24.8. The van der Waals surface area contributed by atoms with Gasteiger partial charge in [-0.25, -0.2) is 4.98 Å². The van der Waals surface area contributed by atoms with E-state index in [9.17, 15) is 4.79 Å². The first-order valence-corrected chi connectivity index (χ1v) is 10.00. The maximum Gasteiger partial charge on any atom is 0.202 e. The quantitative estimate of drug-likeness (QED) is 0.408. The van der Waals surface area contributed by atoms with Crippen LogP contribution in [0.3, 0.4) is 0 Å². The van der Waals surface area contributed by atoms with Crippen molar-refractivity contribution in [3.05, 3.63) is 77.9 Å². The monoisotopic (exact) mass is 395 g/mol. The predicted octanol–water partition coefficient (Wildman–Crippen LogP) is 5.05. The molecule has 0 saturated heterocycles. The number of carbonyl (C=O) groups excluding carboxylic acids is 1. The fraction of sp³-hybridized carbons (Fsp3) is 0.167. The fourth-order valence-electron chi connectivity index (χ4n) is 3.65. The number of ketones is 1. The molecule has 0 bridgehead atoms. The number of H-pyrrole nitrogens is 2. The Balaban J connectivity index is 1.53. The Hall–Kier alpha value is -3.80. The first-order valence-electron chi connectivity index (χ1n) is 10.00. The number of fused-ring (bicyclic) bond motifs is 2. The number of pyridine rings is 1. The van der Waals surface area contributed by atoms with Gasteiger partial charge in [-0.1, -0.05) is 44.2 Å². The summed E-state index contributed by atoms with van der Waals surface area (Å²) in [5.74, 6) is 0.684. The van der Waals surface area contributed by atoms with Gasteiger partial charge in [0.05, 0.1) is 16.6 Å². The molecule has 2 aromatic carbocycles. The number of imidazole rings is 1. The smallest absolute Gasteiger partial charge is 0.202 e. The molecule has 5 aromatic rings. The van der Waals surface area contributed by atoms with Gasteiger partial charge in [0.15, 0.2) is 5.82 Å². The van der Waals surface area contributed by atoms with Gasteiger partial charge >= 0.3 is 0 Å². The van der Waals surface area contributed by atoms with Crippen LogP contribution in [0, 0.1) is 0 Å². The number of nitrogens with one attached hydrogen (secondary N) is 2. The summed E-state index contributed by atoms with van der Waals surface area (Å²) in [5.41, 5.74) is 6.32. The van der Waals surface area contributed by atoms with E-state index in [1.807, 2.05) is 54.7 Å². The summed E-state index contributed by atoms with van der Waals surface area (Å²) >= 11 is 0. The van der Waals surface area contributed by atoms with Crippen LogP contribution >= 0.6 is 0 Å². The van der Waals surface area contributed by atoms with Gasteiger partial charge in [-0.15, -0.1) is 0 Å². The molecule has 0 saturated carbocycles. The highest BCUT2D eigenvalue weighted by atomic mass is 16.1. The second-order valence-electron chi connectivity index (χ2n) is 7.78. The summed E-state index contributed by atoms with van der Waals surface area (Å²) in [6.07, 6.45) is 2.14. The van der Waals surface area contributed by atoms with E-state index >= 15 is 0 Å². The molecule has 5 rings (SSSR count). The molecular formula is C24H21N5O. The second kappa shape index (κ2) is 7.22. The molecule has 3 aromatic heterocycles. The van der Waals surface area contributed by atoms with Gasteiger partial charge in [0.25, 0.3) is 0 Å². The molecule has 0 aliphatic heterocycles. The highest BCUT2D eigenvalue weighted by Gasteiger charge is 2.16. The molecule has 0 spiro atoms. The predicted molar refractivity (Wildman–Crippen MR) is 118 cm³/mol. The molecule has 0 fully saturated rings. The molecule has 0 unspecified atom stereocenters. The standard InChI is InChI=1S/C24H21N5O/c1-14(2)18-11-16(8-9-25-18)23-17-12-20-21(13-19(17)28-29-23)27-24(26-20)22(30)10-15-6-4-3-5-7-15/h3-9,11-14H,10H2,1-2H3,(H,26,27)(H,28,29). The molecule has 0 radical (unpaired) electrons. The average molecular weight is 395 g/mol. The Bertz CT molecular complexity index is 1360. The number of aromatic amines is 2. The van der Waals surface area contributed by atoms with Crippen molar-refractivity contribution < 1.29 is 4.79 Å². The van der Waals surface area contributed by atoms with E-state index in [0.29, 0.717) is 18.2 Å². The molecule has 0 amide bonds. The Morgan fingerprint density at radius 1 is 1.03 bits per heavy atom. The van der Waals surface area contributed by atoms with Crippen LogP contribution < -0.4 is 0 Å². The van der Waals surface area contributed by atoms with Gasteiger partial charge in [0, 0.05) is 29.3 Å². The third kappa shape index (κ3) is 3.26. The van der Waals surface area contributed by atoms with Crippen molar-refractivity contribution in [2.24, 2.45) is 0 Å². The third-order valence-corrected chi connectivity index (χ3v) is 5.28. The Morgan fingerprint density at radius 2 is 1.87 bits per heavy atom. The highest BCUT2D eigenvalue weighted by molar-refractivity contribution is 6.03. The zero-order valence-corrected chi connectivity index (χ0v) is 16.8. The molecule has 0 atom stereocenters. The first-order chi connectivity index (χ1) is 14.6. The lowest BCUT2D eigenvalue weighted by Crippen LogP contribution is -2.05. The Morgan fingerprint density at radius 3 is 2.67 bits per heavy atom. The number of benzene rings is 2. The largest absolute Gasteiger partial charge is 0.335 e. The molecule has 148 valence electrons. The van der Waals surface area contributed by atoms with Crippen molar-refractivity contribution in [3.8, 4) is 11.3 Å². The highest BCUT2D eigenvalue weighted by Crippen LogP contribution is 2.30. The maximum absolute atomic E-state index is 12.7. The molecule has 6 heteroatoms. The molecule has 6 nitrogen and oxygen atoms in total.